The minimum Gasteiger partial charge on any atom is -0.465 e. The van der Waals surface area contributed by atoms with Gasteiger partial charge in [0.05, 0.1) is 29.5 Å². The highest BCUT2D eigenvalue weighted by Crippen LogP contribution is 2.44. The number of halogens is 1. The number of para-hydroxylation sites is 1. The van der Waals surface area contributed by atoms with Gasteiger partial charge in [0.25, 0.3) is 0 Å². The van der Waals surface area contributed by atoms with E-state index in [1.807, 2.05) is 32.9 Å². The summed E-state index contributed by atoms with van der Waals surface area (Å²) in [6.07, 6.45) is 0. The van der Waals surface area contributed by atoms with Crippen LogP contribution in [0.1, 0.15) is 51.3 Å². The molecule has 0 radical (unpaired) electrons. The van der Waals surface area contributed by atoms with E-state index in [9.17, 15) is 14.0 Å². The van der Waals surface area contributed by atoms with Gasteiger partial charge >= 0.3 is 11.9 Å². The molecule has 6 heteroatoms. The van der Waals surface area contributed by atoms with Crippen LogP contribution in [-0.2, 0) is 15.2 Å². The topological polar surface area (TPSA) is 64.6 Å². The molecule has 1 atom stereocenters. The van der Waals surface area contributed by atoms with E-state index < -0.39 is 23.5 Å². The Bertz CT molecular complexity index is 1110. The fourth-order valence-corrected chi connectivity index (χ4v) is 3.52. The zero-order valence-corrected chi connectivity index (χ0v) is 17.9. The third kappa shape index (κ3) is 3.89. The van der Waals surface area contributed by atoms with Gasteiger partial charge in [-0.2, -0.15) is 0 Å². The van der Waals surface area contributed by atoms with Gasteiger partial charge in [-0.15, -0.1) is 0 Å². The van der Waals surface area contributed by atoms with Gasteiger partial charge < -0.3 is 14.8 Å². The van der Waals surface area contributed by atoms with E-state index in [4.69, 9.17) is 9.47 Å². The lowest BCUT2D eigenvalue weighted by molar-refractivity contribution is 0.0205. The van der Waals surface area contributed by atoms with Crippen molar-refractivity contribution in [2.75, 3.05) is 12.4 Å². The maximum absolute atomic E-state index is 15.0. The number of methoxy groups -OCH3 is 1. The van der Waals surface area contributed by atoms with Crippen molar-refractivity contribution >= 4 is 17.6 Å². The first-order chi connectivity index (χ1) is 15.0. The molecule has 0 aromatic heterocycles. The lowest BCUT2D eigenvalue weighted by atomic mass is 9.91. The summed E-state index contributed by atoms with van der Waals surface area (Å²) in [7, 11) is 1.28. The first kappa shape index (κ1) is 22.0. The lowest BCUT2D eigenvalue weighted by Crippen LogP contribution is -2.38. The predicted molar refractivity (Wildman–Crippen MR) is 117 cm³/mol. The van der Waals surface area contributed by atoms with Crippen LogP contribution in [0.5, 0.6) is 0 Å². The third-order valence-electron chi connectivity index (χ3n) is 4.93. The summed E-state index contributed by atoms with van der Waals surface area (Å²) in [4.78, 5) is 24.8. The van der Waals surface area contributed by atoms with Gasteiger partial charge in [-0.3, -0.25) is 0 Å². The standard InChI is InChI=1S/C23H18FNO4.C2H6/c1-14-10-12-15(13-11-14)23(20-17(22(27)29-23)7-5-8-18(20)24)25-19-9-4-3-6-16(19)21(26)28-2;1-2/h3-13,25H,1-2H3;1-2H3. The number of nitrogens with one attached hydrogen (secondary N) is 1. The zero-order chi connectivity index (χ0) is 22.6. The highest BCUT2D eigenvalue weighted by Gasteiger charge is 2.50. The highest BCUT2D eigenvalue weighted by atomic mass is 19.1. The molecule has 0 bridgehead atoms. The van der Waals surface area contributed by atoms with Crippen LogP contribution in [0.2, 0.25) is 0 Å². The van der Waals surface area contributed by atoms with Crippen LogP contribution in [0, 0.1) is 12.7 Å². The molecule has 0 amide bonds. The van der Waals surface area contributed by atoms with Gasteiger partial charge in [0.15, 0.2) is 0 Å². The number of carbonyl (C=O) groups excluding carboxylic acids is 2. The van der Waals surface area contributed by atoms with Gasteiger partial charge in [-0.1, -0.05) is 61.9 Å². The minimum atomic E-state index is -1.63. The second kappa shape index (κ2) is 9.00. The average molecular weight is 421 g/mol. The van der Waals surface area contributed by atoms with Crippen LogP contribution >= 0.6 is 0 Å². The molecule has 5 nitrogen and oxygen atoms in total. The van der Waals surface area contributed by atoms with Gasteiger partial charge in [-0.25, -0.2) is 14.0 Å². The van der Waals surface area contributed by atoms with Crippen LogP contribution in [0.3, 0.4) is 0 Å². The number of rotatable bonds is 4. The maximum Gasteiger partial charge on any atom is 0.341 e. The fourth-order valence-electron chi connectivity index (χ4n) is 3.52. The summed E-state index contributed by atoms with van der Waals surface area (Å²) in [6, 6.07) is 18.1. The van der Waals surface area contributed by atoms with Crippen molar-refractivity contribution in [1.29, 1.82) is 0 Å². The molecule has 3 aromatic carbocycles. The third-order valence-corrected chi connectivity index (χ3v) is 4.93. The van der Waals surface area contributed by atoms with Crippen molar-refractivity contribution in [2.24, 2.45) is 0 Å². The number of esters is 2. The normalized spacial score (nSPS) is 16.5. The van der Waals surface area contributed by atoms with Crippen molar-refractivity contribution in [3.05, 3.63) is 100 Å². The van der Waals surface area contributed by atoms with Gasteiger partial charge in [0, 0.05) is 5.56 Å². The second-order valence-corrected chi connectivity index (χ2v) is 6.76. The number of carbonyl (C=O) groups is 2. The number of ether oxygens (including phenoxy) is 2. The lowest BCUT2D eigenvalue weighted by Gasteiger charge is -2.32. The van der Waals surface area contributed by atoms with Crippen molar-refractivity contribution in [3.8, 4) is 0 Å². The Morgan fingerprint density at radius 3 is 2.35 bits per heavy atom. The molecule has 0 saturated heterocycles. The van der Waals surface area contributed by atoms with Crippen LogP contribution in [0.25, 0.3) is 0 Å². The summed E-state index contributed by atoms with van der Waals surface area (Å²) in [5.74, 6) is -1.80. The van der Waals surface area contributed by atoms with Crippen molar-refractivity contribution < 1.29 is 23.5 Å². The predicted octanol–water partition coefficient (Wildman–Crippen LogP) is 5.43. The van der Waals surface area contributed by atoms with Crippen LogP contribution in [0.15, 0.2) is 66.7 Å². The molecule has 1 heterocycles. The summed E-state index contributed by atoms with van der Waals surface area (Å²) in [5, 5.41) is 3.12. The molecule has 1 aliphatic heterocycles. The maximum atomic E-state index is 15.0. The van der Waals surface area contributed by atoms with Crippen molar-refractivity contribution in [1.82, 2.24) is 0 Å². The molecule has 160 valence electrons. The number of benzene rings is 3. The molecule has 31 heavy (non-hydrogen) atoms. The van der Waals surface area contributed by atoms with Crippen LogP contribution < -0.4 is 5.32 Å². The molecule has 0 spiro atoms. The number of cyclic esters (lactones) is 1. The number of anilines is 1. The fraction of sp³-hybridized carbons (Fsp3) is 0.200. The van der Waals surface area contributed by atoms with E-state index in [1.54, 1.807) is 36.4 Å². The molecule has 1 N–H and O–H groups in total. The van der Waals surface area contributed by atoms with Gasteiger partial charge in [-0.05, 0) is 31.2 Å². The van der Waals surface area contributed by atoms with Crippen molar-refractivity contribution in [2.45, 2.75) is 26.5 Å². The SMILES string of the molecule is CC.COC(=O)c1ccccc1NC1(c2ccc(C)cc2)OC(=O)c2cccc(F)c21. The van der Waals surface area contributed by atoms with E-state index in [2.05, 4.69) is 5.32 Å². The number of hydrogen-bond donors (Lipinski definition) is 1. The van der Waals surface area contributed by atoms with E-state index in [0.717, 1.165) is 5.56 Å². The summed E-state index contributed by atoms with van der Waals surface area (Å²) in [6.45, 7) is 5.92. The molecule has 3 aromatic rings. The van der Waals surface area contributed by atoms with Crippen molar-refractivity contribution in [3.63, 3.8) is 0 Å². The molecular weight excluding hydrogens is 397 g/mol. The quantitative estimate of drug-likeness (QED) is 0.569. The van der Waals surface area contributed by atoms with E-state index in [-0.39, 0.29) is 16.7 Å². The van der Waals surface area contributed by atoms with Gasteiger partial charge in [0.2, 0.25) is 5.72 Å². The smallest absolute Gasteiger partial charge is 0.341 e. The monoisotopic (exact) mass is 421 g/mol. The Morgan fingerprint density at radius 1 is 1.00 bits per heavy atom. The molecule has 1 unspecified atom stereocenters. The molecule has 4 rings (SSSR count). The Balaban J connectivity index is 0.00000132. The first-order valence-corrected chi connectivity index (χ1v) is 10.0. The first-order valence-electron chi connectivity index (χ1n) is 10.0. The van der Waals surface area contributed by atoms with Crippen LogP contribution in [-0.4, -0.2) is 19.0 Å². The number of hydrogen-bond acceptors (Lipinski definition) is 5. The molecule has 0 aliphatic carbocycles. The molecule has 0 saturated carbocycles. The Labute approximate surface area is 180 Å². The highest BCUT2D eigenvalue weighted by molar-refractivity contribution is 5.98. The zero-order valence-electron chi connectivity index (χ0n) is 17.9. The number of fused-ring (bicyclic) bond motifs is 1. The molecule has 0 fully saturated rings. The second-order valence-electron chi connectivity index (χ2n) is 6.76. The summed E-state index contributed by atoms with van der Waals surface area (Å²) >= 11 is 0. The minimum absolute atomic E-state index is 0.0773. The largest absolute Gasteiger partial charge is 0.465 e. The summed E-state index contributed by atoms with van der Waals surface area (Å²) in [5.41, 5.74) is 0.695. The summed E-state index contributed by atoms with van der Waals surface area (Å²) < 4.78 is 25.6. The molecular formula is C25H24FNO4. The Morgan fingerprint density at radius 2 is 1.68 bits per heavy atom. The van der Waals surface area contributed by atoms with Gasteiger partial charge in [0.1, 0.15) is 5.82 Å². The average Bonchev–Trinajstić information content (AvgIpc) is 3.09. The Hall–Kier alpha value is -3.67. The Kier molecular flexibility index (Phi) is 6.39. The van der Waals surface area contributed by atoms with E-state index >= 15 is 0 Å². The van der Waals surface area contributed by atoms with E-state index in [1.165, 1.54) is 25.3 Å². The van der Waals surface area contributed by atoms with E-state index in [0.29, 0.717) is 11.3 Å². The molecule has 1 aliphatic rings. The number of aryl methyl sites for hydroxylation is 1. The van der Waals surface area contributed by atoms with Crippen LogP contribution in [0.4, 0.5) is 10.1 Å².